The highest BCUT2D eigenvalue weighted by Gasteiger charge is 2.02. The van der Waals surface area contributed by atoms with E-state index in [0.717, 1.165) is 5.75 Å². The van der Waals surface area contributed by atoms with E-state index in [4.69, 9.17) is 0 Å². The van der Waals surface area contributed by atoms with Crippen LogP contribution in [-0.4, -0.2) is 18.8 Å². The van der Waals surface area contributed by atoms with Crippen LogP contribution in [0.25, 0.3) is 0 Å². The van der Waals surface area contributed by atoms with E-state index in [2.05, 4.69) is 55.6 Å². The number of benzene rings is 1. The lowest BCUT2D eigenvalue weighted by atomic mass is 10.2. The van der Waals surface area contributed by atoms with Gasteiger partial charge in [-0.25, -0.2) is 0 Å². The van der Waals surface area contributed by atoms with Gasteiger partial charge in [0, 0.05) is 16.7 Å². The van der Waals surface area contributed by atoms with Gasteiger partial charge in [0.25, 0.3) is 0 Å². The molecule has 2 heteroatoms. The van der Waals surface area contributed by atoms with Crippen LogP contribution in [0.3, 0.4) is 0 Å². The van der Waals surface area contributed by atoms with E-state index < -0.39 is 0 Å². The molecule has 1 nitrogen and oxygen atoms in total. The van der Waals surface area contributed by atoms with Crippen molar-refractivity contribution in [3.05, 3.63) is 42.0 Å². The first kappa shape index (κ1) is 12.3. The SMILES string of the molecule is CNC(C=C(C)C)CSc1ccccc1. The molecule has 0 aliphatic rings. The summed E-state index contributed by atoms with van der Waals surface area (Å²) in [5.74, 6) is 1.08. The molecule has 0 saturated heterocycles. The Kier molecular flexibility index (Phi) is 5.51. The van der Waals surface area contributed by atoms with Gasteiger partial charge in [0.15, 0.2) is 0 Å². The van der Waals surface area contributed by atoms with Crippen molar-refractivity contribution in [2.24, 2.45) is 0 Å². The van der Waals surface area contributed by atoms with Crippen LogP contribution in [0.15, 0.2) is 46.9 Å². The molecule has 1 aromatic carbocycles. The summed E-state index contributed by atoms with van der Waals surface area (Å²) in [4.78, 5) is 1.33. The van der Waals surface area contributed by atoms with Gasteiger partial charge in [0.1, 0.15) is 0 Å². The number of rotatable bonds is 5. The van der Waals surface area contributed by atoms with Crippen molar-refractivity contribution in [2.45, 2.75) is 24.8 Å². The molecule has 1 rings (SSSR count). The van der Waals surface area contributed by atoms with Crippen molar-refractivity contribution < 1.29 is 0 Å². The second-order valence-corrected chi connectivity index (χ2v) is 4.86. The van der Waals surface area contributed by atoms with Gasteiger partial charge in [-0.3, -0.25) is 0 Å². The lowest BCUT2D eigenvalue weighted by Crippen LogP contribution is -2.25. The second kappa shape index (κ2) is 6.70. The molecule has 0 aromatic heterocycles. The third kappa shape index (κ3) is 5.05. The monoisotopic (exact) mass is 221 g/mol. The summed E-state index contributed by atoms with van der Waals surface area (Å²) in [5.41, 5.74) is 1.36. The molecular formula is C13H19NS. The molecule has 1 N–H and O–H groups in total. The van der Waals surface area contributed by atoms with Gasteiger partial charge in [-0.2, -0.15) is 0 Å². The summed E-state index contributed by atoms with van der Waals surface area (Å²) in [6.45, 7) is 4.27. The summed E-state index contributed by atoms with van der Waals surface area (Å²) >= 11 is 1.89. The molecule has 0 spiro atoms. The Morgan fingerprint density at radius 1 is 1.33 bits per heavy atom. The highest BCUT2D eigenvalue weighted by Crippen LogP contribution is 2.18. The third-order valence-corrected chi connectivity index (χ3v) is 3.21. The number of thioether (sulfide) groups is 1. The molecule has 0 radical (unpaired) electrons. The summed E-state index contributed by atoms with van der Waals surface area (Å²) in [6.07, 6.45) is 2.27. The molecule has 0 aliphatic heterocycles. The Morgan fingerprint density at radius 3 is 2.53 bits per heavy atom. The summed E-state index contributed by atoms with van der Waals surface area (Å²) in [5, 5.41) is 3.31. The minimum absolute atomic E-state index is 0.459. The molecule has 0 heterocycles. The van der Waals surface area contributed by atoms with Gasteiger partial charge in [-0.05, 0) is 33.0 Å². The lowest BCUT2D eigenvalue weighted by Gasteiger charge is -2.11. The molecule has 0 aliphatic carbocycles. The van der Waals surface area contributed by atoms with Crippen LogP contribution in [0.5, 0.6) is 0 Å². The van der Waals surface area contributed by atoms with E-state index in [9.17, 15) is 0 Å². The van der Waals surface area contributed by atoms with Crippen molar-refractivity contribution in [1.29, 1.82) is 0 Å². The Hall–Kier alpha value is -0.730. The van der Waals surface area contributed by atoms with E-state index in [1.165, 1.54) is 10.5 Å². The highest BCUT2D eigenvalue weighted by atomic mass is 32.2. The predicted octanol–water partition coefficient (Wildman–Crippen LogP) is 3.33. The molecule has 0 amide bonds. The largest absolute Gasteiger partial charge is 0.313 e. The zero-order chi connectivity index (χ0) is 11.1. The number of likely N-dealkylation sites (N-methyl/N-ethyl adjacent to an activating group) is 1. The average molecular weight is 221 g/mol. The minimum Gasteiger partial charge on any atom is -0.313 e. The minimum atomic E-state index is 0.459. The summed E-state index contributed by atoms with van der Waals surface area (Å²) in [6, 6.07) is 11.0. The quantitative estimate of drug-likeness (QED) is 0.604. The van der Waals surface area contributed by atoms with E-state index in [0.29, 0.717) is 6.04 Å². The Labute approximate surface area is 97.0 Å². The van der Waals surface area contributed by atoms with Crippen molar-refractivity contribution in [2.75, 3.05) is 12.8 Å². The van der Waals surface area contributed by atoms with Crippen LogP contribution >= 0.6 is 11.8 Å². The maximum absolute atomic E-state index is 3.31. The zero-order valence-electron chi connectivity index (χ0n) is 9.66. The fourth-order valence-corrected chi connectivity index (χ4v) is 2.30. The number of nitrogens with one attached hydrogen (secondary N) is 1. The summed E-state index contributed by atoms with van der Waals surface area (Å²) < 4.78 is 0. The number of hydrogen-bond donors (Lipinski definition) is 1. The molecule has 1 atom stereocenters. The third-order valence-electron chi connectivity index (χ3n) is 2.08. The van der Waals surface area contributed by atoms with Gasteiger partial charge in [0.2, 0.25) is 0 Å². The fraction of sp³-hybridized carbons (Fsp3) is 0.385. The van der Waals surface area contributed by atoms with Crippen LogP contribution in [0.1, 0.15) is 13.8 Å². The number of allylic oxidation sites excluding steroid dienone is 1. The van der Waals surface area contributed by atoms with E-state index >= 15 is 0 Å². The van der Waals surface area contributed by atoms with E-state index in [1.807, 2.05) is 18.8 Å². The van der Waals surface area contributed by atoms with Gasteiger partial charge >= 0.3 is 0 Å². The Morgan fingerprint density at radius 2 is 2.00 bits per heavy atom. The Balaban J connectivity index is 2.45. The second-order valence-electron chi connectivity index (χ2n) is 3.76. The molecule has 0 saturated carbocycles. The maximum Gasteiger partial charge on any atom is 0.0344 e. The van der Waals surface area contributed by atoms with E-state index in [1.54, 1.807) is 0 Å². The van der Waals surface area contributed by atoms with Crippen LogP contribution < -0.4 is 5.32 Å². The molecular weight excluding hydrogens is 202 g/mol. The van der Waals surface area contributed by atoms with Crippen molar-refractivity contribution in [3.63, 3.8) is 0 Å². The normalized spacial score (nSPS) is 12.2. The number of hydrogen-bond acceptors (Lipinski definition) is 2. The summed E-state index contributed by atoms with van der Waals surface area (Å²) in [7, 11) is 2.01. The molecule has 15 heavy (non-hydrogen) atoms. The van der Waals surface area contributed by atoms with Crippen molar-refractivity contribution in [1.82, 2.24) is 5.32 Å². The van der Waals surface area contributed by atoms with Crippen LogP contribution in [0.2, 0.25) is 0 Å². The predicted molar refractivity (Wildman–Crippen MR) is 69.4 cm³/mol. The smallest absolute Gasteiger partial charge is 0.0344 e. The van der Waals surface area contributed by atoms with Gasteiger partial charge in [0.05, 0.1) is 0 Å². The molecule has 1 unspecified atom stereocenters. The first-order valence-electron chi connectivity index (χ1n) is 5.22. The lowest BCUT2D eigenvalue weighted by molar-refractivity contribution is 0.733. The van der Waals surface area contributed by atoms with Crippen molar-refractivity contribution >= 4 is 11.8 Å². The van der Waals surface area contributed by atoms with Gasteiger partial charge in [-0.1, -0.05) is 29.8 Å². The van der Waals surface area contributed by atoms with Crippen LogP contribution in [0, 0.1) is 0 Å². The first-order valence-corrected chi connectivity index (χ1v) is 6.21. The highest BCUT2D eigenvalue weighted by molar-refractivity contribution is 7.99. The zero-order valence-corrected chi connectivity index (χ0v) is 10.5. The Bertz CT molecular complexity index is 302. The molecule has 0 fully saturated rings. The topological polar surface area (TPSA) is 12.0 Å². The van der Waals surface area contributed by atoms with Gasteiger partial charge < -0.3 is 5.32 Å². The first-order chi connectivity index (χ1) is 7.22. The van der Waals surface area contributed by atoms with Crippen LogP contribution in [-0.2, 0) is 0 Å². The molecule has 0 bridgehead atoms. The fourth-order valence-electron chi connectivity index (χ4n) is 1.32. The average Bonchev–Trinajstić information content (AvgIpc) is 2.25. The van der Waals surface area contributed by atoms with Crippen molar-refractivity contribution in [3.8, 4) is 0 Å². The van der Waals surface area contributed by atoms with Gasteiger partial charge in [-0.15, -0.1) is 11.8 Å². The molecule has 1 aromatic rings. The maximum atomic E-state index is 3.31. The standard InChI is InChI=1S/C13H19NS/c1-11(2)9-12(14-3)10-15-13-7-5-4-6-8-13/h4-9,12,14H,10H2,1-3H3. The molecule has 82 valence electrons. The van der Waals surface area contributed by atoms with Crippen LogP contribution in [0.4, 0.5) is 0 Å². The van der Waals surface area contributed by atoms with E-state index in [-0.39, 0.29) is 0 Å².